The SMILES string of the molecule is Cc1nc2c(c(C)c1CC(=O)NCc1ccco1)c(=O)[nH]n2C. The molecule has 7 heteroatoms. The standard InChI is InChI=1S/C16H18N4O3/c1-9-12(7-13(21)17-8-11-5-4-6-23-11)10(2)18-15-14(9)16(22)19-20(15)3/h4-6H,7-8H2,1-3H3,(H,17,21)(H,19,22). The van der Waals surface area contributed by atoms with E-state index in [0.717, 1.165) is 16.8 Å². The van der Waals surface area contributed by atoms with Crippen molar-refractivity contribution in [1.29, 1.82) is 0 Å². The normalized spacial score (nSPS) is 11.1. The summed E-state index contributed by atoms with van der Waals surface area (Å²) < 4.78 is 6.78. The second-order valence-corrected chi connectivity index (χ2v) is 5.53. The molecule has 0 spiro atoms. The summed E-state index contributed by atoms with van der Waals surface area (Å²) in [4.78, 5) is 28.6. The van der Waals surface area contributed by atoms with Gasteiger partial charge in [0.25, 0.3) is 5.56 Å². The molecule has 23 heavy (non-hydrogen) atoms. The number of hydrogen-bond acceptors (Lipinski definition) is 4. The summed E-state index contributed by atoms with van der Waals surface area (Å²) in [6.45, 7) is 4.03. The number of hydrogen-bond donors (Lipinski definition) is 2. The van der Waals surface area contributed by atoms with Crippen LogP contribution >= 0.6 is 0 Å². The fraction of sp³-hybridized carbons (Fsp3) is 0.312. The average Bonchev–Trinajstić information content (AvgIpc) is 3.10. The van der Waals surface area contributed by atoms with Crippen molar-refractivity contribution in [3.05, 3.63) is 51.3 Å². The summed E-state index contributed by atoms with van der Waals surface area (Å²) in [5.74, 6) is 0.556. The number of aromatic nitrogens is 3. The number of rotatable bonds is 4. The van der Waals surface area contributed by atoms with Gasteiger partial charge in [-0.2, -0.15) is 0 Å². The van der Waals surface area contributed by atoms with Crippen LogP contribution in [0.25, 0.3) is 11.0 Å². The van der Waals surface area contributed by atoms with Crippen molar-refractivity contribution in [2.45, 2.75) is 26.8 Å². The van der Waals surface area contributed by atoms with Crippen LogP contribution in [0.15, 0.2) is 27.6 Å². The Kier molecular flexibility index (Phi) is 3.77. The van der Waals surface area contributed by atoms with Gasteiger partial charge in [0.15, 0.2) is 5.65 Å². The maximum absolute atomic E-state index is 12.2. The molecule has 0 aliphatic rings. The van der Waals surface area contributed by atoms with Crippen molar-refractivity contribution < 1.29 is 9.21 Å². The van der Waals surface area contributed by atoms with E-state index < -0.39 is 0 Å². The van der Waals surface area contributed by atoms with E-state index in [-0.39, 0.29) is 17.9 Å². The predicted octanol–water partition coefficient (Wildman–Crippen LogP) is 1.33. The first-order valence-electron chi connectivity index (χ1n) is 7.31. The van der Waals surface area contributed by atoms with E-state index in [1.54, 1.807) is 30.1 Å². The zero-order chi connectivity index (χ0) is 16.6. The topological polar surface area (TPSA) is 92.9 Å². The fourth-order valence-electron chi connectivity index (χ4n) is 2.73. The summed E-state index contributed by atoms with van der Waals surface area (Å²) in [6, 6.07) is 3.57. The molecule has 0 atom stereocenters. The van der Waals surface area contributed by atoms with Gasteiger partial charge < -0.3 is 9.73 Å². The molecule has 120 valence electrons. The van der Waals surface area contributed by atoms with Crippen molar-refractivity contribution in [2.24, 2.45) is 7.05 Å². The van der Waals surface area contributed by atoms with Gasteiger partial charge in [-0.15, -0.1) is 0 Å². The van der Waals surface area contributed by atoms with Gasteiger partial charge in [-0.3, -0.25) is 19.4 Å². The molecule has 3 aromatic rings. The highest BCUT2D eigenvalue weighted by molar-refractivity contribution is 5.84. The molecule has 0 bridgehead atoms. The molecule has 3 aromatic heterocycles. The number of fused-ring (bicyclic) bond motifs is 1. The highest BCUT2D eigenvalue weighted by Gasteiger charge is 2.17. The number of pyridine rings is 1. The van der Waals surface area contributed by atoms with E-state index in [0.29, 0.717) is 23.3 Å². The molecule has 3 heterocycles. The van der Waals surface area contributed by atoms with Gasteiger partial charge in [-0.25, -0.2) is 4.98 Å². The van der Waals surface area contributed by atoms with E-state index in [2.05, 4.69) is 15.4 Å². The van der Waals surface area contributed by atoms with Crippen LogP contribution in [0.3, 0.4) is 0 Å². The number of nitrogens with one attached hydrogen (secondary N) is 2. The lowest BCUT2D eigenvalue weighted by molar-refractivity contribution is -0.120. The monoisotopic (exact) mass is 314 g/mol. The first kappa shape index (κ1) is 15.1. The fourth-order valence-corrected chi connectivity index (χ4v) is 2.73. The highest BCUT2D eigenvalue weighted by Crippen LogP contribution is 2.20. The summed E-state index contributed by atoms with van der Waals surface area (Å²) in [7, 11) is 1.74. The smallest absolute Gasteiger partial charge is 0.273 e. The molecule has 0 aliphatic heterocycles. The number of carbonyl (C=O) groups excluding carboxylic acids is 1. The third-order valence-corrected chi connectivity index (χ3v) is 3.95. The summed E-state index contributed by atoms with van der Waals surface area (Å²) in [5, 5.41) is 6.03. The molecule has 0 saturated heterocycles. The molecule has 0 unspecified atom stereocenters. The zero-order valence-corrected chi connectivity index (χ0v) is 13.3. The second-order valence-electron chi connectivity index (χ2n) is 5.53. The number of aryl methyl sites for hydroxylation is 3. The molecule has 0 radical (unpaired) electrons. The first-order chi connectivity index (χ1) is 11.0. The van der Waals surface area contributed by atoms with Gasteiger partial charge in [-0.05, 0) is 37.1 Å². The molecule has 1 amide bonds. The Labute approximate surface area is 132 Å². The molecule has 0 aliphatic carbocycles. The lowest BCUT2D eigenvalue weighted by Crippen LogP contribution is -2.25. The average molecular weight is 314 g/mol. The Bertz CT molecular complexity index is 919. The molecule has 2 N–H and O–H groups in total. The van der Waals surface area contributed by atoms with Crippen LogP contribution in [0, 0.1) is 13.8 Å². The van der Waals surface area contributed by atoms with Gasteiger partial charge >= 0.3 is 0 Å². The van der Waals surface area contributed by atoms with E-state index in [1.807, 2.05) is 13.8 Å². The van der Waals surface area contributed by atoms with Crippen LogP contribution in [0.2, 0.25) is 0 Å². The summed E-state index contributed by atoms with van der Waals surface area (Å²) in [6.07, 6.45) is 1.74. The molecule has 0 aromatic carbocycles. The molecule has 3 rings (SSSR count). The van der Waals surface area contributed by atoms with E-state index in [1.165, 1.54) is 0 Å². The third-order valence-electron chi connectivity index (χ3n) is 3.95. The zero-order valence-electron chi connectivity index (χ0n) is 13.3. The molecular formula is C16H18N4O3. The van der Waals surface area contributed by atoms with Crippen LogP contribution in [0.1, 0.15) is 22.6 Å². The minimum absolute atomic E-state index is 0.138. The van der Waals surface area contributed by atoms with Gasteiger partial charge in [-0.1, -0.05) is 0 Å². The molecule has 7 nitrogen and oxygen atoms in total. The van der Waals surface area contributed by atoms with Gasteiger partial charge in [0.05, 0.1) is 24.6 Å². The van der Waals surface area contributed by atoms with Crippen molar-refractivity contribution in [3.63, 3.8) is 0 Å². The number of carbonyl (C=O) groups is 1. The number of aromatic amines is 1. The lowest BCUT2D eigenvalue weighted by Gasteiger charge is -2.10. The Morgan fingerprint density at radius 2 is 2.22 bits per heavy atom. The maximum atomic E-state index is 12.2. The minimum atomic E-state index is -0.190. The van der Waals surface area contributed by atoms with Crippen LogP contribution < -0.4 is 10.9 Å². The Morgan fingerprint density at radius 3 is 2.91 bits per heavy atom. The molecule has 0 fully saturated rings. The molecule has 0 saturated carbocycles. The quantitative estimate of drug-likeness (QED) is 0.760. The van der Waals surface area contributed by atoms with Gasteiger partial charge in [0.1, 0.15) is 5.76 Å². The predicted molar refractivity (Wildman–Crippen MR) is 85.1 cm³/mol. The second kappa shape index (κ2) is 5.75. The maximum Gasteiger partial charge on any atom is 0.273 e. The Morgan fingerprint density at radius 1 is 1.43 bits per heavy atom. The highest BCUT2D eigenvalue weighted by atomic mass is 16.3. The number of H-pyrrole nitrogens is 1. The largest absolute Gasteiger partial charge is 0.467 e. The Hall–Kier alpha value is -2.83. The van der Waals surface area contributed by atoms with Crippen molar-refractivity contribution in [2.75, 3.05) is 0 Å². The number of furan rings is 1. The van der Waals surface area contributed by atoms with E-state index >= 15 is 0 Å². The van der Waals surface area contributed by atoms with E-state index in [4.69, 9.17) is 4.42 Å². The van der Waals surface area contributed by atoms with Crippen LogP contribution in [0.4, 0.5) is 0 Å². The van der Waals surface area contributed by atoms with Gasteiger partial charge in [0.2, 0.25) is 5.91 Å². The van der Waals surface area contributed by atoms with Gasteiger partial charge in [0, 0.05) is 12.7 Å². The lowest BCUT2D eigenvalue weighted by atomic mass is 10.0. The first-order valence-corrected chi connectivity index (χ1v) is 7.31. The summed E-state index contributed by atoms with van der Waals surface area (Å²) >= 11 is 0. The van der Waals surface area contributed by atoms with Crippen LogP contribution in [-0.4, -0.2) is 20.7 Å². The Balaban J connectivity index is 1.86. The van der Waals surface area contributed by atoms with Crippen molar-refractivity contribution in [3.8, 4) is 0 Å². The number of amides is 1. The van der Waals surface area contributed by atoms with Crippen LogP contribution in [-0.2, 0) is 24.8 Å². The van der Waals surface area contributed by atoms with Crippen molar-refractivity contribution in [1.82, 2.24) is 20.1 Å². The van der Waals surface area contributed by atoms with E-state index in [9.17, 15) is 9.59 Å². The van der Waals surface area contributed by atoms with Crippen molar-refractivity contribution >= 4 is 16.9 Å². The molecular weight excluding hydrogens is 296 g/mol. The third kappa shape index (κ3) is 2.77. The summed E-state index contributed by atoms with van der Waals surface area (Å²) in [5.41, 5.74) is 2.74. The van der Waals surface area contributed by atoms with Crippen LogP contribution in [0.5, 0.6) is 0 Å². The minimum Gasteiger partial charge on any atom is -0.467 e. The number of nitrogens with zero attached hydrogens (tertiary/aromatic N) is 2.